The average molecular weight is 1280 g/mol. The molecule has 0 bridgehead atoms. The van der Waals surface area contributed by atoms with Crippen molar-refractivity contribution in [3.8, 4) is 0 Å². The Hall–Kier alpha value is 5.61. The van der Waals surface area contributed by atoms with Crippen LogP contribution in [0.15, 0.2) is 60.7 Å². The topological polar surface area (TPSA) is 0 Å². The van der Waals surface area contributed by atoms with E-state index in [-0.39, 0.29) is 75.1 Å². The predicted molar refractivity (Wildman–Crippen MR) is 121 cm³/mol. The summed E-state index contributed by atoms with van der Waals surface area (Å²) in [7, 11) is 0. The number of rotatable bonds is 3. The molecule has 2 rings (SSSR count). The van der Waals surface area contributed by atoms with Gasteiger partial charge < -0.3 is 0 Å². The third-order valence-corrected chi connectivity index (χ3v) is 2.39. The molecule has 0 heterocycles. The van der Waals surface area contributed by atoms with Gasteiger partial charge >= 0.3 is 202 Å². The monoisotopic (exact) mass is 1270 g/mol. The molecule has 0 aliphatic rings. The molecule has 0 nitrogen and oxygen atoms in total. The first-order valence-electron chi connectivity index (χ1n) is 5.94. The number of aryl methyl sites for hydroxylation is 2. The fraction of sp³-hybridized carbons (Fsp3) is 0.125. The van der Waals surface area contributed by atoms with E-state index >= 15 is 0 Å². The molecule has 0 spiro atoms. The summed E-state index contributed by atoms with van der Waals surface area (Å²) in [5.41, 5.74) is 2.83. The molecule has 9 heteroatoms. The van der Waals surface area contributed by atoms with Crippen LogP contribution in [-0.4, -0.2) is 176 Å². The zero-order chi connectivity index (χ0) is 17.6. The van der Waals surface area contributed by atoms with Crippen molar-refractivity contribution in [2.45, 2.75) is 12.8 Å². The molecular formula is C16H18Sb8Zr. The molecule has 10 radical (unpaired) electrons. The Morgan fingerprint density at radius 1 is 0.520 bits per heavy atom. The normalized spacial score (nSPS) is 6.24. The standard InChI is InChI=1S/C14H14.2CH.8Sb.Zr.2H/c1-3-7-13(8-4-1)11-12-14-9-5-2-6-10-14;;;;;;;;;;;;;/h1-10H,11-12H2;2*1H;;;;;;;;;;;/q;2*-1;;;;;;;;;+2;;. The molecule has 126 valence electrons. The van der Waals surface area contributed by atoms with Gasteiger partial charge in [0.15, 0.2) is 0 Å². The van der Waals surface area contributed by atoms with Crippen molar-refractivity contribution in [3.63, 3.8) is 0 Å². The van der Waals surface area contributed by atoms with Crippen LogP contribution in [0.3, 0.4) is 0 Å². The van der Waals surface area contributed by atoms with E-state index in [0.29, 0.717) is 0 Å². The second kappa shape index (κ2) is 43.5. The summed E-state index contributed by atoms with van der Waals surface area (Å²) < 4.78 is 9.10. The average Bonchev–Trinajstić information content (AvgIpc) is 2.68. The molecule has 0 saturated heterocycles. The summed E-state index contributed by atoms with van der Waals surface area (Å²) in [5, 5.41) is 0. The second-order valence-electron chi connectivity index (χ2n) is 3.47. The van der Waals surface area contributed by atoms with E-state index in [0.717, 1.165) is 12.8 Å². The number of hydrogen-bond donors (Lipinski definition) is 0. The van der Waals surface area contributed by atoms with Gasteiger partial charge in [-0.05, 0) is 24.0 Å². The van der Waals surface area contributed by atoms with Crippen molar-refractivity contribution < 1.29 is 26.2 Å². The van der Waals surface area contributed by atoms with Crippen molar-refractivity contribution in [2.24, 2.45) is 0 Å². The van der Waals surface area contributed by atoms with Gasteiger partial charge in [-0.2, -0.15) is 0 Å². The van der Waals surface area contributed by atoms with Crippen LogP contribution in [0.25, 0.3) is 0 Å². The molecule has 2 aromatic rings. The first-order valence-corrected chi connectivity index (χ1v) is 26.5. The maximum atomic E-state index is 4.55. The third-order valence-electron chi connectivity index (χ3n) is 2.39. The van der Waals surface area contributed by atoms with Gasteiger partial charge in [0.1, 0.15) is 0 Å². The Kier molecular flexibility index (Phi) is 77.1. The smallest absolute Gasteiger partial charge is 0.0622 e. The molecule has 0 N–H and O–H groups in total. The minimum Gasteiger partial charge on any atom is -0.0622 e. The van der Waals surface area contributed by atoms with Crippen molar-refractivity contribution in [2.75, 3.05) is 0 Å². The maximum absolute atomic E-state index is 4.55. The largest absolute Gasteiger partial charge is 2.00 e. The van der Waals surface area contributed by atoms with E-state index in [9.17, 15) is 0 Å². The minimum atomic E-state index is 0. The van der Waals surface area contributed by atoms with E-state index in [2.05, 4.69) is 69.6 Å². The summed E-state index contributed by atoms with van der Waals surface area (Å²) in [6.07, 6.45) is 2.26. The molecule has 0 amide bonds. The summed E-state index contributed by atoms with van der Waals surface area (Å²) >= 11 is 9.70. The van der Waals surface area contributed by atoms with Gasteiger partial charge in [-0.15, -0.1) is 0 Å². The van der Waals surface area contributed by atoms with Crippen molar-refractivity contribution in [1.82, 2.24) is 0 Å². The SMILES string of the molecule is [CH-]=[Sb].[CH-]=[Sb].[SbH].[SbH].[Sb]=[Sb].[Sb]=[Sb].[Zr+2].c1ccc(CCc2ccccc2)cc1. The van der Waals surface area contributed by atoms with Crippen LogP contribution in [0.1, 0.15) is 11.1 Å². The summed E-state index contributed by atoms with van der Waals surface area (Å²) in [6, 6.07) is 21.2. The van der Waals surface area contributed by atoms with E-state index in [1.807, 2.05) is 0 Å². The third kappa shape index (κ3) is 31.9. The van der Waals surface area contributed by atoms with Crippen LogP contribution in [0.4, 0.5) is 0 Å². The van der Waals surface area contributed by atoms with E-state index in [4.69, 9.17) is 0 Å². The zero-order valence-electron chi connectivity index (χ0n) is 13.5. The van der Waals surface area contributed by atoms with Gasteiger partial charge in [0.25, 0.3) is 0 Å². The Labute approximate surface area is 279 Å². The van der Waals surface area contributed by atoms with Crippen LogP contribution in [0.5, 0.6) is 0 Å². The first-order chi connectivity index (χ1) is 10.9. The fourth-order valence-electron chi connectivity index (χ4n) is 1.58. The molecule has 0 fully saturated rings. The van der Waals surface area contributed by atoms with Gasteiger partial charge in [-0.3, -0.25) is 0 Å². The second-order valence-corrected chi connectivity index (χ2v) is 3.47. The molecule has 25 heavy (non-hydrogen) atoms. The summed E-state index contributed by atoms with van der Waals surface area (Å²) in [5.74, 6) is 0. The summed E-state index contributed by atoms with van der Waals surface area (Å²) in [4.78, 5) is 0. The van der Waals surface area contributed by atoms with Gasteiger partial charge in [0.2, 0.25) is 0 Å². The van der Waals surface area contributed by atoms with Crippen LogP contribution in [-0.2, 0) is 39.0 Å². The van der Waals surface area contributed by atoms with Crippen LogP contribution < -0.4 is 0 Å². The van der Waals surface area contributed by atoms with Gasteiger partial charge in [0.05, 0.1) is 0 Å². The van der Waals surface area contributed by atoms with Crippen LogP contribution >= 0.6 is 0 Å². The Morgan fingerprint density at radius 2 is 0.720 bits per heavy atom. The number of benzene rings is 2. The van der Waals surface area contributed by atoms with Crippen molar-refractivity contribution >= 4 is 176 Å². The molecule has 0 saturated carbocycles. The Morgan fingerprint density at radius 3 is 0.920 bits per heavy atom. The molecule has 0 aliphatic heterocycles. The van der Waals surface area contributed by atoms with Crippen LogP contribution in [0, 0.1) is 0 Å². The molecule has 0 aliphatic carbocycles. The van der Waals surface area contributed by atoms with E-state index < -0.39 is 0 Å². The quantitative estimate of drug-likeness (QED) is 0.290. The van der Waals surface area contributed by atoms with Crippen LogP contribution in [0.2, 0.25) is 0 Å². The maximum Gasteiger partial charge on any atom is 2.00 e. The van der Waals surface area contributed by atoms with Gasteiger partial charge in [-0.1, -0.05) is 60.7 Å². The van der Waals surface area contributed by atoms with Crippen molar-refractivity contribution in [1.29, 1.82) is 0 Å². The Bertz CT molecular complexity index is 397. The molecular weight excluding hydrogens is 1260 g/mol. The molecule has 0 aromatic heterocycles. The molecule has 0 unspecified atom stereocenters. The first kappa shape index (κ1) is 44.3. The molecule has 2 aromatic carbocycles. The van der Waals surface area contributed by atoms with Gasteiger partial charge in [0, 0.05) is 0 Å². The van der Waals surface area contributed by atoms with Crippen molar-refractivity contribution in [3.05, 3.63) is 71.8 Å². The zero-order valence-corrected chi connectivity index (χ0v) is 37.0. The van der Waals surface area contributed by atoms with Gasteiger partial charge in [-0.25, -0.2) is 0 Å². The van der Waals surface area contributed by atoms with E-state index in [1.165, 1.54) is 56.2 Å². The molecule has 0 atom stereocenters. The predicted octanol–water partition coefficient (Wildman–Crippen LogP) is -0.423. The fourth-order valence-corrected chi connectivity index (χ4v) is 1.58. The minimum absolute atomic E-state index is 0. The number of hydrogen-bond acceptors (Lipinski definition) is 0. The Balaban J connectivity index is -0.0000000730. The van der Waals surface area contributed by atoms with E-state index in [1.54, 1.807) is 73.0 Å². The summed E-state index contributed by atoms with van der Waals surface area (Å²) in [6.45, 7) is 0.